The maximum Gasteiger partial charge on any atom is 0.295 e. The number of rotatable bonds is 8. The summed E-state index contributed by atoms with van der Waals surface area (Å²) in [6.07, 6.45) is 1.96. The van der Waals surface area contributed by atoms with E-state index in [1.807, 2.05) is 75.4 Å². The van der Waals surface area contributed by atoms with E-state index in [1.54, 1.807) is 11.0 Å². The number of hydrogen-bond donors (Lipinski definition) is 0. The number of amides is 1. The van der Waals surface area contributed by atoms with E-state index >= 15 is 0 Å². The molecule has 37 heavy (non-hydrogen) atoms. The summed E-state index contributed by atoms with van der Waals surface area (Å²) in [4.78, 5) is 29.4. The maximum absolute atomic E-state index is 13.9. The quantitative estimate of drug-likeness (QED) is 0.252. The van der Waals surface area contributed by atoms with Crippen LogP contribution in [0.4, 0.5) is 5.69 Å². The highest BCUT2D eigenvalue weighted by atomic mass is 16.5. The van der Waals surface area contributed by atoms with Crippen LogP contribution in [0.3, 0.4) is 0 Å². The molecule has 0 radical (unpaired) electrons. The highest BCUT2D eigenvalue weighted by Gasteiger charge is 2.44. The molecule has 5 rings (SSSR count). The van der Waals surface area contributed by atoms with Gasteiger partial charge in [-0.1, -0.05) is 43.2 Å². The van der Waals surface area contributed by atoms with Gasteiger partial charge >= 0.3 is 0 Å². The number of carbonyl (C=O) groups is 1. The first-order valence-corrected chi connectivity index (χ1v) is 12.8. The number of benzene rings is 3. The molecule has 0 bridgehead atoms. The van der Waals surface area contributed by atoms with Crippen molar-refractivity contribution in [1.29, 1.82) is 0 Å². The number of nitrogens with zero attached hydrogens (tertiary/aromatic N) is 1. The van der Waals surface area contributed by atoms with Gasteiger partial charge in [0.1, 0.15) is 5.58 Å². The number of ether oxygens (including phenoxy) is 2. The fraction of sp³-hybridized carbons (Fsp3) is 0.290. The van der Waals surface area contributed by atoms with Gasteiger partial charge in [0.15, 0.2) is 16.9 Å². The molecular formula is C31H31NO5. The third-order valence-corrected chi connectivity index (χ3v) is 6.64. The number of anilines is 1. The van der Waals surface area contributed by atoms with Gasteiger partial charge in [0.2, 0.25) is 5.76 Å². The van der Waals surface area contributed by atoms with Gasteiger partial charge < -0.3 is 13.9 Å². The van der Waals surface area contributed by atoms with E-state index in [2.05, 4.69) is 6.92 Å². The summed E-state index contributed by atoms with van der Waals surface area (Å²) >= 11 is 0. The van der Waals surface area contributed by atoms with Crippen molar-refractivity contribution in [3.63, 3.8) is 0 Å². The van der Waals surface area contributed by atoms with Crippen LogP contribution in [0.25, 0.3) is 11.0 Å². The van der Waals surface area contributed by atoms with Crippen LogP contribution in [0.2, 0.25) is 0 Å². The zero-order chi connectivity index (χ0) is 26.1. The molecule has 0 saturated carbocycles. The first-order chi connectivity index (χ1) is 17.9. The normalized spacial score (nSPS) is 14.8. The molecule has 1 atom stereocenters. The Morgan fingerprint density at radius 1 is 0.892 bits per heavy atom. The summed E-state index contributed by atoms with van der Waals surface area (Å²) in [6.45, 7) is 8.98. The predicted octanol–water partition coefficient (Wildman–Crippen LogP) is 6.74. The molecule has 1 aliphatic heterocycles. The second-order valence-corrected chi connectivity index (χ2v) is 9.43. The molecule has 0 aliphatic carbocycles. The zero-order valence-corrected chi connectivity index (χ0v) is 21.7. The standard InChI is InChI=1S/C31H31NO5/c1-5-7-15-36-25-14-12-21(18-26(25)35-6-2)28-27-29(33)23-17-20(4)11-13-24(23)37-30(27)31(34)32(28)22-10-8-9-19(3)16-22/h8-14,16-18,28H,5-7,15H2,1-4H3. The smallest absolute Gasteiger partial charge is 0.295 e. The molecule has 0 spiro atoms. The molecule has 190 valence electrons. The third kappa shape index (κ3) is 4.48. The summed E-state index contributed by atoms with van der Waals surface area (Å²) in [5.41, 5.74) is 3.95. The van der Waals surface area contributed by atoms with Crippen molar-refractivity contribution < 1.29 is 18.7 Å². The molecule has 0 saturated heterocycles. The molecule has 0 fully saturated rings. The SMILES string of the molecule is CCCCOc1ccc(C2c3c(oc4ccc(C)cc4c3=O)C(=O)N2c2cccc(C)c2)cc1OCC. The number of aryl methyl sites for hydroxylation is 2. The Labute approximate surface area is 216 Å². The van der Waals surface area contributed by atoms with Crippen LogP contribution in [0.5, 0.6) is 11.5 Å². The van der Waals surface area contributed by atoms with Gasteiger partial charge in [-0.05, 0) is 74.7 Å². The minimum atomic E-state index is -0.672. The number of unbranched alkanes of at least 4 members (excludes halogenated alkanes) is 1. The summed E-state index contributed by atoms with van der Waals surface area (Å²) in [7, 11) is 0. The van der Waals surface area contributed by atoms with Crippen LogP contribution in [-0.2, 0) is 0 Å². The lowest BCUT2D eigenvalue weighted by molar-refractivity contribution is 0.0971. The molecule has 1 aromatic heterocycles. The van der Waals surface area contributed by atoms with Gasteiger partial charge in [0.25, 0.3) is 5.91 Å². The van der Waals surface area contributed by atoms with Crippen LogP contribution >= 0.6 is 0 Å². The van der Waals surface area contributed by atoms with E-state index < -0.39 is 6.04 Å². The first kappa shape index (κ1) is 24.6. The molecule has 6 heteroatoms. The summed E-state index contributed by atoms with van der Waals surface area (Å²) in [6, 6.07) is 18.1. The van der Waals surface area contributed by atoms with Crippen LogP contribution in [0.1, 0.15) is 65.5 Å². The Morgan fingerprint density at radius 3 is 2.46 bits per heavy atom. The van der Waals surface area contributed by atoms with E-state index in [1.165, 1.54) is 0 Å². The number of fused-ring (bicyclic) bond motifs is 2. The molecule has 0 N–H and O–H groups in total. The average molecular weight is 498 g/mol. The van der Waals surface area contributed by atoms with Gasteiger partial charge in [0.05, 0.1) is 30.2 Å². The van der Waals surface area contributed by atoms with Gasteiger partial charge in [-0.3, -0.25) is 14.5 Å². The van der Waals surface area contributed by atoms with Gasteiger partial charge in [0, 0.05) is 5.69 Å². The number of carbonyl (C=O) groups excluding carboxylic acids is 1. The van der Waals surface area contributed by atoms with Gasteiger partial charge in [-0.2, -0.15) is 0 Å². The van der Waals surface area contributed by atoms with E-state index in [4.69, 9.17) is 13.9 Å². The fourth-order valence-electron chi connectivity index (χ4n) is 4.85. The lowest BCUT2D eigenvalue weighted by Crippen LogP contribution is -2.29. The minimum Gasteiger partial charge on any atom is -0.490 e. The van der Waals surface area contributed by atoms with Crippen molar-refractivity contribution in [1.82, 2.24) is 0 Å². The van der Waals surface area contributed by atoms with Crippen LogP contribution in [-0.4, -0.2) is 19.1 Å². The Bertz CT molecular complexity index is 1540. The molecule has 1 aliphatic rings. The lowest BCUT2D eigenvalue weighted by atomic mass is 9.97. The Morgan fingerprint density at radius 2 is 1.70 bits per heavy atom. The molecular weight excluding hydrogens is 466 g/mol. The summed E-state index contributed by atoms with van der Waals surface area (Å²) in [5.74, 6) is 0.967. The van der Waals surface area contributed by atoms with Crippen LogP contribution in [0.15, 0.2) is 69.9 Å². The van der Waals surface area contributed by atoms with Crippen molar-refractivity contribution in [2.75, 3.05) is 18.1 Å². The molecule has 4 aromatic rings. The number of hydrogen-bond acceptors (Lipinski definition) is 5. The topological polar surface area (TPSA) is 69.0 Å². The first-order valence-electron chi connectivity index (χ1n) is 12.8. The average Bonchev–Trinajstić information content (AvgIpc) is 3.18. The van der Waals surface area contributed by atoms with Gasteiger partial charge in [-0.25, -0.2) is 0 Å². The predicted molar refractivity (Wildman–Crippen MR) is 145 cm³/mol. The van der Waals surface area contributed by atoms with Gasteiger partial charge in [-0.15, -0.1) is 0 Å². The monoisotopic (exact) mass is 497 g/mol. The molecule has 1 amide bonds. The van der Waals surface area contributed by atoms with E-state index in [9.17, 15) is 9.59 Å². The van der Waals surface area contributed by atoms with Crippen molar-refractivity contribution in [3.8, 4) is 11.5 Å². The Hall–Kier alpha value is -4.06. The van der Waals surface area contributed by atoms with E-state index in [0.717, 1.165) is 29.5 Å². The summed E-state index contributed by atoms with van der Waals surface area (Å²) < 4.78 is 18.0. The highest BCUT2D eigenvalue weighted by molar-refractivity contribution is 6.10. The lowest BCUT2D eigenvalue weighted by Gasteiger charge is -2.26. The van der Waals surface area contributed by atoms with E-state index in [-0.39, 0.29) is 17.1 Å². The maximum atomic E-state index is 13.9. The molecule has 3 aromatic carbocycles. The second-order valence-electron chi connectivity index (χ2n) is 9.43. The molecule has 2 heterocycles. The second kappa shape index (κ2) is 10.1. The van der Waals surface area contributed by atoms with Crippen molar-refractivity contribution in [3.05, 3.63) is 98.9 Å². The minimum absolute atomic E-state index is 0.0779. The zero-order valence-electron chi connectivity index (χ0n) is 21.7. The van der Waals surface area contributed by atoms with E-state index in [0.29, 0.717) is 46.9 Å². The highest BCUT2D eigenvalue weighted by Crippen LogP contribution is 2.43. The van der Waals surface area contributed by atoms with Crippen LogP contribution in [0, 0.1) is 13.8 Å². The van der Waals surface area contributed by atoms with Crippen LogP contribution < -0.4 is 19.8 Å². The fourth-order valence-corrected chi connectivity index (χ4v) is 4.85. The summed E-state index contributed by atoms with van der Waals surface area (Å²) in [5, 5.41) is 0.465. The Balaban J connectivity index is 1.72. The largest absolute Gasteiger partial charge is 0.490 e. The molecule has 1 unspecified atom stereocenters. The third-order valence-electron chi connectivity index (χ3n) is 6.64. The van der Waals surface area contributed by atoms with Crippen molar-refractivity contribution in [2.45, 2.75) is 46.6 Å². The van der Waals surface area contributed by atoms with Crippen molar-refractivity contribution >= 4 is 22.6 Å². The molecule has 6 nitrogen and oxygen atoms in total. The van der Waals surface area contributed by atoms with Crippen molar-refractivity contribution in [2.24, 2.45) is 0 Å². The Kier molecular flexibility index (Phi) is 6.74.